The van der Waals surface area contributed by atoms with Gasteiger partial charge in [-0.2, -0.15) is 0 Å². The Morgan fingerprint density at radius 1 is 1.30 bits per heavy atom. The third-order valence-electron chi connectivity index (χ3n) is 5.12. The highest BCUT2D eigenvalue weighted by atomic mass is 19.1. The Balaban J connectivity index is 1.68. The molecule has 2 aliphatic rings. The van der Waals surface area contributed by atoms with Crippen molar-refractivity contribution in [2.45, 2.75) is 18.4 Å². The molecule has 0 N–H and O–H groups in total. The summed E-state index contributed by atoms with van der Waals surface area (Å²) in [4.78, 5) is 16.4. The first-order chi connectivity index (χ1) is 10.9. The highest BCUT2D eigenvalue weighted by molar-refractivity contribution is 5.95. The minimum absolute atomic E-state index is 0.0248. The fraction of sp³-hybridized carbons (Fsp3) is 0.588. The third kappa shape index (κ3) is 3.10. The van der Waals surface area contributed by atoms with Gasteiger partial charge in [0, 0.05) is 38.4 Å². The lowest BCUT2D eigenvalue weighted by Crippen LogP contribution is -2.72. The van der Waals surface area contributed by atoms with Crippen molar-refractivity contribution in [3.05, 3.63) is 35.4 Å². The minimum Gasteiger partial charge on any atom is -0.384 e. The zero-order valence-corrected chi connectivity index (χ0v) is 13.5. The number of hydrogen-bond acceptors (Lipinski definition) is 3. The first kappa shape index (κ1) is 16.3. The van der Waals surface area contributed by atoms with E-state index in [9.17, 15) is 13.6 Å². The molecule has 1 amide bonds. The Morgan fingerprint density at radius 2 is 1.96 bits per heavy atom. The summed E-state index contributed by atoms with van der Waals surface area (Å²) in [6.07, 6.45) is 2.08. The molecule has 3 rings (SSSR count). The Bertz CT molecular complexity index is 582. The van der Waals surface area contributed by atoms with Gasteiger partial charge < -0.3 is 9.64 Å². The smallest absolute Gasteiger partial charge is 0.254 e. The predicted molar refractivity (Wildman–Crippen MR) is 82.2 cm³/mol. The number of likely N-dealkylation sites (N-methyl/N-ethyl adjacent to an activating group) is 1. The van der Waals surface area contributed by atoms with Gasteiger partial charge in [-0.05, 0) is 44.5 Å². The van der Waals surface area contributed by atoms with Crippen LogP contribution in [0.25, 0.3) is 0 Å². The largest absolute Gasteiger partial charge is 0.384 e. The number of likely N-dealkylation sites (tertiary alicyclic amines) is 2. The van der Waals surface area contributed by atoms with Gasteiger partial charge in [-0.15, -0.1) is 0 Å². The Kier molecular flexibility index (Phi) is 4.38. The van der Waals surface area contributed by atoms with Crippen LogP contribution in [0.1, 0.15) is 23.2 Å². The summed E-state index contributed by atoms with van der Waals surface area (Å²) in [6, 6.07) is 2.96. The van der Waals surface area contributed by atoms with Gasteiger partial charge in [0.1, 0.15) is 11.6 Å². The molecule has 1 spiro atoms. The van der Waals surface area contributed by atoms with Crippen LogP contribution < -0.4 is 0 Å². The van der Waals surface area contributed by atoms with Crippen molar-refractivity contribution in [1.82, 2.24) is 9.80 Å². The van der Waals surface area contributed by atoms with E-state index < -0.39 is 11.6 Å². The predicted octanol–water partition coefficient (Wildman–Crippen LogP) is 2.15. The van der Waals surface area contributed by atoms with Crippen LogP contribution in [0.15, 0.2) is 18.2 Å². The van der Waals surface area contributed by atoms with Crippen molar-refractivity contribution in [1.29, 1.82) is 0 Å². The van der Waals surface area contributed by atoms with Crippen molar-refractivity contribution < 1.29 is 18.3 Å². The van der Waals surface area contributed by atoms with E-state index in [-0.39, 0.29) is 17.0 Å². The SMILES string of the molecule is COC[C@@H]1CCN(C)C2(C1)CN(C(=O)c1cc(F)cc(F)c1)C2. The standard InChI is InChI=1S/C17H22F2N2O2/c1-20-4-3-12(9-23-2)8-17(20)10-21(11-17)16(22)13-5-14(18)7-15(19)6-13/h5-7,12H,3-4,8-11H2,1-2H3/t12-/m1/s1. The van der Waals surface area contributed by atoms with Crippen LogP contribution in [0.5, 0.6) is 0 Å². The Morgan fingerprint density at radius 3 is 2.57 bits per heavy atom. The van der Waals surface area contributed by atoms with Crippen molar-refractivity contribution >= 4 is 5.91 Å². The van der Waals surface area contributed by atoms with E-state index >= 15 is 0 Å². The molecule has 1 aromatic rings. The third-order valence-corrected chi connectivity index (χ3v) is 5.12. The second kappa shape index (κ2) is 6.17. The fourth-order valence-electron chi connectivity index (χ4n) is 3.82. The summed E-state index contributed by atoms with van der Waals surface area (Å²) in [5.41, 5.74) is 0.0486. The number of ether oxygens (including phenoxy) is 1. The number of benzene rings is 1. The molecule has 1 aromatic carbocycles. The molecule has 0 radical (unpaired) electrons. The maximum absolute atomic E-state index is 13.3. The molecule has 2 aliphatic heterocycles. The van der Waals surface area contributed by atoms with Gasteiger partial charge in [-0.3, -0.25) is 9.69 Å². The van der Waals surface area contributed by atoms with Gasteiger partial charge in [0.25, 0.3) is 5.91 Å². The molecule has 0 aromatic heterocycles. The van der Waals surface area contributed by atoms with Crippen LogP contribution in [0.2, 0.25) is 0 Å². The van der Waals surface area contributed by atoms with Crippen LogP contribution in [0, 0.1) is 17.6 Å². The first-order valence-corrected chi connectivity index (χ1v) is 7.89. The molecule has 1 atom stereocenters. The summed E-state index contributed by atoms with van der Waals surface area (Å²) in [5.74, 6) is -1.26. The molecule has 4 nitrogen and oxygen atoms in total. The van der Waals surface area contributed by atoms with Gasteiger partial charge in [0.15, 0.2) is 0 Å². The van der Waals surface area contributed by atoms with Crippen molar-refractivity contribution in [2.24, 2.45) is 5.92 Å². The number of nitrogens with zero attached hydrogens (tertiary/aromatic N) is 2. The van der Waals surface area contributed by atoms with E-state index in [4.69, 9.17) is 4.74 Å². The van der Waals surface area contributed by atoms with E-state index in [0.29, 0.717) is 19.0 Å². The van der Waals surface area contributed by atoms with Crippen LogP contribution in [0.4, 0.5) is 8.78 Å². The van der Waals surface area contributed by atoms with Crippen molar-refractivity contribution in [3.63, 3.8) is 0 Å². The summed E-state index contributed by atoms with van der Waals surface area (Å²) >= 11 is 0. The molecule has 0 saturated carbocycles. The topological polar surface area (TPSA) is 32.8 Å². The van der Waals surface area contributed by atoms with Gasteiger partial charge in [-0.1, -0.05) is 0 Å². The van der Waals surface area contributed by atoms with E-state index in [1.165, 1.54) is 0 Å². The lowest BCUT2D eigenvalue weighted by Gasteiger charge is -2.58. The number of methoxy groups -OCH3 is 1. The highest BCUT2D eigenvalue weighted by Gasteiger charge is 2.50. The number of carbonyl (C=O) groups is 1. The maximum atomic E-state index is 13.3. The number of halogens is 2. The Labute approximate surface area is 135 Å². The Hall–Kier alpha value is -1.53. The average molecular weight is 324 g/mol. The van der Waals surface area contributed by atoms with Gasteiger partial charge in [0.2, 0.25) is 0 Å². The number of piperidine rings is 1. The van der Waals surface area contributed by atoms with Crippen LogP contribution >= 0.6 is 0 Å². The average Bonchev–Trinajstić information content (AvgIpc) is 2.45. The van der Waals surface area contributed by atoms with Crippen molar-refractivity contribution in [2.75, 3.05) is 40.4 Å². The zero-order chi connectivity index (χ0) is 16.6. The van der Waals surface area contributed by atoms with Crippen LogP contribution in [-0.2, 0) is 4.74 Å². The molecule has 23 heavy (non-hydrogen) atoms. The maximum Gasteiger partial charge on any atom is 0.254 e. The molecular formula is C17H22F2N2O2. The number of rotatable bonds is 3. The summed E-state index contributed by atoms with van der Waals surface area (Å²) < 4.78 is 31.8. The molecule has 2 saturated heterocycles. The van der Waals surface area contributed by atoms with Gasteiger partial charge in [0.05, 0.1) is 5.54 Å². The normalized spacial score (nSPS) is 23.8. The molecule has 0 aliphatic carbocycles. The number of amides is 1. The summed E-state index contributed by atoms with van der Waals surface area (Å²) in [6.45, 7) is 2.91. The van der Waals surface area contributed by atoms with Crippen LogP contribution in [-0.4, -0.2) is 61.6 Å². The summed E-state index contributed by atoms with van der Waals surface area (Å²) in [5, 5.41) is 0. The molecule has 0 unspecified atom stereocenters. The second-order valence-corrected chi connectivity index (χ2v) is 6.78. The van der Waals surface area contributed by atoms with Gasteiger partial charge in [-0.25, -0.2) is 8.78 Å². The van der Waals surface area contributed by atoms with E-state index in [1.807, 2.05) is 0 Å². The summed E-state index contributed by atoms with van der Waals surface area (Å²) in [7, 11) is 3.78. The molecule has 2 fully saturated rings. The lowest BCUT2D eigenvalue weighted by atomic mass is 9.75. The highest BCUT2D eigenvalue weighted by Crippen LogP contribution is 2.38. The first-order valence-electron chi connectivity index (χ1n) is 7.89. The minimum atomic E-state index is -0.724. The molecular weight excluding hydrogens is 302 g/mol. The van der Waals surface area contributed by atoms with E-state index in [2.05, 4.69) is 11.9 Å². The fourth-order valence-corrected chi connectivity index (χ4v) is 3.82. The lowest BCUT2D eigenvalue weighted by molar-refractivity contribution is -0.0731. The molecule has 0 bridgehead atoms. The molecule has 126 valence electrons. The molecule has 2 heterocycles. The molecule has 6 heteroatoms. The van der Waals surface area contributed by atoms with Crippen LogP contribution in [0.3, 0.4) is 0 Å². The van der Waals surface area contributed by atoms with E-state index in [1.54, 1.807) is 12.0 Å². The second-order valence-electron chi connectivity index (χ2n) is 6.78. The van der Waals surface area contributed by atoms with E-state index in [0.717, 1.165) is 44.2 Å². The number of hydrogen-bond donors (Lipinski definition) is 0. The number of carbonyl (C=O) groups excluding carboxylic acids is 1. The van der Waals surface area contributed by atoms with Gasteiger partial charge >= 0.3 is 0 Å². The quantitative estimate of drug-likeness (QED) is 0.854. The van der Waals surface area contributed by atoms with Crippen molar-refractivity contribution in [3.8, 4) is 0 Å². The zero-order valence-electron chi connectivity index (χ0n) is 13.5. The monoisotopic (exact) mass is 324 g/mol.